The Kier molecular flexibility index (Phi) is 29.8. The highest BCUT2D eigenvalue weighted by molar-refractivity contribution is 5.67. The first-order valence-electron chi connectivity index (χ1n) is 13.3. The number of azide groups is 1. The molecule has 0 fully saturated rings. The molecule has 0 saturated heterocycles. The molecule has 0 heterocycles. The van der Waals surface area contributed by atoms with Crippen LogP contribution >= 0.6 is 0 Å². The summed E-state index contributed by atoms with van der Waals surface area (Å²) in [6.45, 7) is 8.49. The van der Waals surface area contributed by atoms with E-state index in [0.29, 0.717) is 119 Å². The first-order chi connectivity index (χ1) is 19.6. The number of hydrogen-bond acceptors (Lipinski definition) is 12. The van der Waals surface area contributed by atoms with E-state index in [-0.39, 0.29) is 26.1 Å². The fraction of sp³-hybridized carbons (Fsp3) is 0.917. The van der Waals surface area contributed by atoms with Gasteiger partial charge < -0.3 is 48.1 Å². The Morgan fingerprint density at radius 1 is 0.525 bits per heavy atom. The van der Waals surface area contributed by atoms with Crippen LogP contribution in [0.5, 0.6) is 0 Å². The molecular formula is C24H46N4O12. The van der Waals surface area contributed by atoms with Gasteiger partial charge in [-0.3, -0.25) is 14.5 Å². The van der Waals surface area contributed by atoms with Gasteiger partial charge in [0.1, 0.15) is 0 Å². The van der Waals surface area contributed by atoms with Crippen molar-refractivity contribution in [2.24, 2.45) is 5.11 Å². The highest BCUT2D eigenvalue weighted by Gasteiger charge is 2.06. The van der Waals surface area contributed by atoms with Crippen LogP contribution in [-0.4, -0.2) is 159 Å². The van der Waals surface area contributed by atoms with Crippen molar-refractivity contribution in [2.45, 2.75) is 12.8 Å². The zero-order chi connectivity index (χ0) is 29.4. The fourth-order valence-electron chi connectivity index (χ4n) is 2.79. The number of hydrogen-bond donors (Lipinski definition) is 2. The molecule has 0 aliphatic heterocycles. The summed E-state index contributed by atoms with van der Waals surface area (Å²) in [7, 11) is 0. The van der Waals surface area contributed by atoms with Crippen LogP contribution in [0.15, 0.2) is 5.11 Å². The van der Waals surface area contributed by atoms with Crippen molar-refractivity contribution >= 4 is 11.9 Å². The molecule has 0 rings (SSSR count). The van der Waals surface area contributed by atoms with E-state index in [1.807, 2.05) is 0 Å². The Balaban J connectivity index is 3.87. The Bertz CT molecular complexity index is 611. The van der Waals surface area contributed by atoms with E-state index in [1.165, 1.54) is 0 Å². The average Bonchev–Trinajstić information content (AvgIpc) is 2.92. The predicted octanol–water partition coefficient (Wildman–Crippen LogP) is 0.681. The van der Waals surface area contributed by atoms with Crippen LogP contribution in [0.25, 0.3) is 10.4 Å². The minimum atomic E-state index is -0.896. The van der Waals surface area contributed by atoms with Gasteiger partial charge in [-0.2, -0.15) is 0 Å². The van der Waals surface area contributed by atoms with Crippen molar-refractivity contribution in [2.75, 3.05) is 132 Å². The molecule has 16 heteroatoms. The van der Waals surface area contributed by atoms with Crippen LogP contribution in [0.4, 0.5) is 0 Å². The van der Waals surface area contributed by atoms with Crippen molar-refractivity contribution in [3.05, 3.63) is 10.4 Å². The molecular weight excluding hydrogens is 536 g/mol. The van der Waals surface area contributed by atoms with Crippen molar-refractivity contribution in [3.8, 4) is 0 Å². The van der Waals surface area contributed by atoms with Crippen LogP contribution in [0.3, 0.4) is 0 Å². The second-order valence-corrected chi connectivity index (χ2v) is 7.98. The summed E-state index contributed by atoms with van der Waals surface area (Å²) < 4.78 is 43.3. The van der Waals surface area contributed by atoms with Crippen LogP contribution in [0, 0.1) is 0 Å². The molecule has 0 unspecified atom stereocenters. The maximum atomic E-state index is 10.5. The van der Waals surface area contributed by atoms with Gasteiger partial charge in [0.15, 0.2) is 0 Å². The Labute approximate surface area is 235 Å². The van der Waals surface area contributed by atoms with Crippen LogP contribution < -0.4 is 0 Å². The lowest BCUT2D eigenvalue weighted by Gasteiger charge is -2.22. The lowest BCUT2D eigenvalue weighted by molar-refractivity contribution is -0.139. The molecule has 0 aromatic heterocycles. The van der Waals surface area contributed by atoms with E-state index >= 15 is 0 Å². The highest BCUT2D eigenvalue weighted by Crippen LogP contribution is 1.93. The summed E-state index contributed by atoms with van der Waals surface area (Å²) >= 11 is 0. The summed E-state index contributed by atoms with van der Waals surface area (Å²) in [5, 5.41) is 20.6. The summed E-state index contributed by atoms with van der Waals surface area (Å²) in [5.41, 5.74) is 8.15. The number of carbonyl (C=O) groups is 2. The van der Waals surface area contributed by atoms with E-state index in [2.05, 4.69) is 14.9 Å². The van der Waals surface area contributed by atoms with E-state index in [1.54, 1.807) is 0 Å². The largest absolute Gasteiger partial charge is 0.481 e. The van der Waals surface area contributed by atoms with Crippen molar-refractivity contribution in [3.63, 3.8) is 0 Å². The molecule has 0 bridgehead atoms. The third-order valence-electron chi connectivity index (χ3n) is 4.84. The molecule has 0 aliphatic carbocycles. The Morgan fingerprint density at radius 2 is 0.825 bits per heavy atom. The number of rotatable bonds is 33. The lowest BCUT2D eigenvalue weighted by Crippen LogP contribution is -2.34. The molecule has 0 saturated carbocycles. The molecule has 0 aromatic rings. The minimum Gasteiger partial charge on any atom is -0.481 e. The standard InChI is InChI=1S/C24H46N4O12/c25-27-26-3-9-35-15-19-39-21-22-40-20-18-38-12-6-28(4-10-36-16-13-33-7-1-23(29)30)5-11-37-17-14-34-8-2-24(31)32/h1-22H2,(H,29,30)(H,31,32). The number of carboxylic acid groups (broad SMARTS) is 2. The van der Waals surface area contributed by atoms with E-state index in [9.17, 15) is 9.59 Å². The predicted molar refractivity (Wildman–Crippen MR) is 142 cm³/mol. The molecule has 2 N–H and O–H groups in total. The molecule has 0 amide bonds. The topological polar surface area (TPSA) is 200 Å². The first kappa shape index (κ1) is 37.9. The molecule has 234 valence electrons. The third-order valence-corrected chi connectivity index (χ3v) is 4.84. The van der Waals surface area contributed by atoms with Gasteiger partial charge in [0.2, 0.25) is 0 Å². The maximum Gasteiger partial charge on any atom is 0.305 e. The second-order valence-electron chi connectivity index (χ2n) is 7.98. The van der Waals surface area contributed by atoms with Gasteiger partial charge in [0.25, 0.3) is 0 Å². The van der Waals surface area contributed by atoms with Crippen molar-refractivity contribution in [1.29, 1.82) is 0 Å². The van der Waals surface area contributed by atoms with Crippen LogP contribution in [0.1, 0.15) is 12.8 Å². The monoisotopic (exact) mass is 582 g/mol. The fourth-order valence-corrected chi connectivity index (χ4v) is 2.79. The zero-order valence-electron chi connectivity index (χ0n) is 23.3. The minimum absolute atomic E-state index is 0.0329. The van der Waals surface area contributed by atoms with Gasteiger partial charge in [-0.05, 0) is 5.53 Å². The smallest absolute Gasteiger partial charge is 0.305 e. The van der Waals surface area contributed by atoms with E-state index < -0.39 is 11.9 Å². The van der Waals surface area contributed by atoms with E-state index in [0.717, 1.165) is 0 Å². The number of ether oxygens (including phenoxy) is 8. The number of nitrogens with zero attached hydrogens (tertiary/aromatic N) is 4. The molecule has 40 heavy (non-hydrogen) atoms. The Hall–Kier alpha value is -2.11. The molecule has 0 spiro atoms. The summed E-state index contributed by atoms with van der Waals surface area (Å²) in [6, 6.07) is 0. The molecule has 0 aromatic carbocycles. The Morgan fingerprint density at radius 3 is 1.15 bits per heavy atom. The molecule has 0 radical (unpaired) electrons. The second kappa shape index (κ2) is 31.4. The quantitative estimate of drug-likeness (QED) is 0.0474. The van der Waals surface area contributed by atoms with Gasteiger partial charge in [-0.1, -0.05) is 5.11 Å². The lowest BCUT2D eigenvalue weighted by atomic mass is 10.4. The molecule has 0 atom stereocenters. The SMILES string of the molecule is [N-]=[N+]=NCCOCCOCCOCCOCCN(CCOCCOCCC(=O)O)CCOCCOCCC(=O)O. The van der Waals surface area contributed by atoms with Gasteiger partial charge in [0.05, 0.1) is 119 Å². The number of aliphatic carboxylic acids is 2. The van der Waals surface area contributed by atoms with Gasteiger partial charge in [0, 0.05) is 31.1 Å². The van der Waals surface area contributed by atoms with Crippen LogP contribution in [0.2, 0.25) is 0 Å². The third kappa shape index (κ3) is 32.1. The van der Waals surface area contributed by atoms with Gasteiger partial charge in [-0.25, -0.2) is 0 Å². The van der Waals surface area contributed by atoms with Crippen molar-refractivity contribution in [1.82, 2.24) is 4.90 Å². The highest BCUT2D eigenvalue weighted by atomic mass is 16.6. The van der Waals surface area contributed by atoms with Crippen LogP contribution in [-0.2, 0) is 47.5 Å². The average molecular weight is 583 g/mol. The first-order valence-corrected chi connectivity index (χ1v) is 13.3. The normalized spacial score (nSPS) is 11.1. The molecule has 16 nitrogen and oxygen atoms in total. The molecule has 0 aliphatic rings. The van der Waals surface area contributed by atoms with Crippen molar-refractivity contribution < 1.29 is 57.7 Å². The van der Waals surface area contributed by atoms with E-state index in [4.69, 9.17) is 53.6 Å². The summed E-state index contributed by atoms with van der Waals surface area (Å²) in [6.07, 6.45) is -0.0657. The number of carboxylic acids is 2. The maximum absolute atomic E-state index is 10.5. The zero-order valence-corrected chi connectivity index (χ0v) is 23.3. The summed E-state index contributed by atoms with van der Waals surface area (Å²) in [5.74, 6) is -1.79. The summed E-state index contributed by atoms with van der Waals surface area (Å²) in [4.78, 5) is 25.7. The van der Waals surface area contributed by atoms with Gasteiger partial charge in [-0.15, -0.1) is 0 Å². The van der Waals surface area contributed by atoms with Gasteiger partial charge >= 0.3 is 11.9 Å².